The highest BCUT2D eigenvalue weighted by atomic mass is 32.1. The van der Waals surface area contributed by atoms with Gasteiger partial charge in [0.05, 0.1) is 10.6 Å². The average molecular weight is 274 g/mol. The molecule has 5 heteroatoms. The lowest BCUT2D eigenvalue weighted by Crippen LogP contribution is -2.18. The fourth-order valence-electron chi connectivity index (χ4n) is 1.60. The number of hydrogen-bond donors (Lipinski definition) is 2. The third kappa shape index (κ3) is 3.20. The number of nitrogens with one attached hydrogen (secondary N) is 1. The molecule has 0 bridgehead atoms. The van der Waals surface area contributed by atoms with Crippen LogP contribution in [0.4, 0.5) is 0 Å². The van der Waals surface area contributed by atoms with Gasteiger partial charge in [0.15, 0.2) is 0 Å². The Hall–Kier alpha value is -2.14. The van der Waals surface area contributed by atoms with E-state index < -0.39 is 0 Å². The number of aromatic hydroxyl groups is 1. The molecule has 0 saturated carbocycles. The highest BCUT2D eigenvalue weighted by Crippen LogP contribution is 2.18. The number of thiophene rings is 1. The van der Waals surface area contributed by atoms with Gasteiger partial charge < -0.3 is 5.11 Å². The van der Waals surface area contributed by atoms with E-state index in [1.165, 1.54) is 11.3 Å². The van der Waals surface area contributed by atoms with Gasteiger partial charge in [0.1, 0.15) is 5.75 Å². The van der Waals surface area contributed by atoms with E-state index in [2.05, 4.69) is 10.5 Å². The maximum Gasteiger partial charge on any atom is 0.281 e. The summed E-state index contributed by atoms with van der Waals surface area (Å²) < 4.78 is 0. The summed E-state index contributed by atoms with van der Waals surface area (Å²) >= 11 is 1.35. The highest BCUT2D eigenvalue weighted by molar-refractivity contribution is 7.12. The maximum absolute atomic E-state index is 11.7. The first-order chi connectivity index (χ1) is 9.08. The van der Waals surface area contributed by atoms with Gasteiger partial charge in [0.25, 0.3) is 5.91 Å². The van der Waals surface area contributed by atoms with Crippen LogP contribution >= 0.6 is 11.3 Å². The number of carbonyl (C=O) groups excluding carboxylic acids is 1. The first kappa shape index (κ1) is 13.3. The smallest absolute Gasteiger partial charge is 0.281 e. The van der Waals surface area contributed by atoms with E-state index in [-0.39, 0.29) is 11.7 Å². The highest BCUT2D eigenvalue weighted by Gasteiger charge is 2.07. The summed E-state index contributed by atoms with van der Waals surface area (Å²) in [6.07, 6.45) is 0. The molecule has 1 heterocycles. The van der Waals surface area contributed by atoms with E-state index in [0.717, 1.165) is 5.56 Å². The number of phenolic OH excluding ortho intramolecular Hbond substituents is 1. The van der Waals surface area contributed by atoms with E-state index >= 15 is 0 Å². The first-order valence-electron chi connectivity index (χ1n) is 5.76. The van der Waals surface area contributed by atoms with Crippen molar-refractivity contribution < 1.29 is 9.90 Å². The Morgan fingerprint density at radius 2 is 2.16 bits per heavy atom. The molecule has 4 nitrogen and oxygen atoms in total. The summed E-state index contributed by atoms with van der Waals surface area (Å²) in [5, 5.41) is 15.6. The lowest BCUT2D eigenvalue weighted by molar-refractivity contribution is 0.0959. The molecule has 98 valence electrons. The Balaban J connectivity index is 2.15. The third-order valence-corrected chi connectivity index (χ3v) is 3.48. The summed E-state index contributed by atoms with van der Waals surface area (Å²) in [5.74, 6) is -0.0984. The van der Waals surface area contributed by atoms with Crippen molar-refractivity contribution in [1.82, 2.24) is 5.43 Å². The Bertz CT molecular complexity index is 618. The molecule has 0 atom stereocenters. The Kier molecular flexibility index (Phi) is 3.97. The van der Waals surface area contributed by atoms with E-state index in [9.17, 15) is 9.90 Å². The van der Waals surface area contributed by atoms with Crippen molar-refractivity contribution in [3.05, 3.63) is 51.7 Å². The quantitative estimate of drug-likeness (QED) is 0.667. The molecule has 0 spiro atoms. The van der Waals surface area contributed by atoms with Crippen LogP contribution in [0.5, 0.6) is 5.75 Å². The minimum atomic E-state index is -0.249. The second-order valence-electron chi connectivity index (χ2n) is 4.14. The number of rotatable bonds is 3. The molecule has 2 aromatic rings. The summed E-state index contributed by atoms with van der Waals surface area (Å²) in [4.78, 5) is 12.3. The molecule has 0 fully saturated rings. The predicted octanol–water partition coefficient (Wildman–Crippen LogP) is 2.92. The standard InChI is InChI=1S/C14H14N2O2S/c1-9-5-6-12(17)11(8-9)10(2)15-16-14(18)13-4-3-7-19-13/h3-8,17H,1-2H3,(H,16,18). The number of hydrogen-bond acceptors (Lipinski definition) is 4. The van der Waals surface area contributed by atoms with Crippen LogP contribution in [-0.4, -0.2) is 16.7 Å². The Labute approximate surface area is 115 Å². The average Bonchev–Trinajstić information content (AvgIpc) is 2.92. The second-order valence-corrected chi connectivity index (χ2v) is 5.08. The van der Waals surface area contributed by atoms with Crippen molar-refractivity contribution in [3.8, 4) is 5.75 Å². The summed E-state index contributed by atoms with van der Waals surface area (Å²) in [6.45, 7) is 3.67. The molecule has 19 heavy (non-hydrogen) atoms. The van der Waals surface area contributed by atoms with Gasteiger partial charge in [0, 0.05) is 5.56 Å². The van der Waals surface area contributed by atoms with Crippen LogP contribution in [0.2, 0.25) is 0 Å². The fourth-order valence-corrected chi connectivity index (χ4v) is 2.21. The molecule has 0 aliphatic carbocycles. The molecule has 1 amide bonds. The largest absolute Gasteiger partial charge is 0.507 e. The summed E-state index contributed by atoms with van der Waals surface area (Å²) in [5.41, 5.74) is 4.68. The number of phenols is 1. The van der Waals surface area contributed by atoms with Crippen molar-refractivity contribution in [1.29, 1.82) is 0 Å². The summed E-state index contributed by atoms with van der Waals surface area (Å²) in [6, 6.07) is 8.80. The third-order valence-electron chi connectivity index (χ3n) is 2.61. The zero-order valence-electron chi connectivity index (χ0n) is 10.7. The molecule has 0 aliphatic heterocycles. The minimum absolute atomic E-state index is 0.150. The monoisotopic (exact) mass is 274 g/mol. The minimum Gasteiger partial charge on any atom is -0.507 e. The lowest BCUT2D eigenvalue weighted by Gasteiger charge is -2.05. The van der Waals surface area contributed by atoms with Gasteiger partial charge in [-0.25, -0.2) is 5.43 Å². The van der Waals surface area contributed by atoms with Crippen molar-refractivity contribution in [2.75, 3.05) is 0 Å². The van der Waals surface area contributed by atoms with E-state index in [1.807, 2.05) is 30.5 Å². The number of nitrogens with zero attached hydrogens (tertiary/aromatic N) is 1. The van der Waals surface area contributed by atoms with Crippen LogP contribution in [0.1, 0.15) is 27.7 Å². The number of amides is 1. The normalized spacial score (nSPS) is 11.4. The topological polar surface area (TPSA) is 61.7 Å². The molecule has 0 saturated heterocycles. The van der Waals surface area contributed by atoms with Crippen LogP contribution in [0.25, 0.3) is 0 Å². The van der Waals surface area contributed by atoms with Crippen molar-refractivity contribution in [2.45, 2.75) is 13.8 Å². The molecule has 0 aliphatic rings. The van der Waals surface area contributed by atoms with Crippen LogP contribution in [-0.2, 0) is 0 Å². The SMILES string of the molecule is CC(=NNC(=O)c1cccs1)c1cc(C)ccc1O. The molecule has 1 aromatic carbocycles. The van der Waals surface area contributed by atoms with Crippen molar-refractivity contribution >= 4 is 23.0 Å². The molecular formula is C14H14N2O2S. The van der Waals surface area contributed by atoms with Gasteiger partial charge in [-0.05, 0) is 37.4 Å². The van der Waals surface area contributed by atoms with Crippen molar-refractivity contribution in [2.24, 2.45) is 5.10 Å². The van der Waals surface area contributed by atoms with E-state index in [1.54, 1.807) is 19.1 Å². The van der Waals surface area contributed by atoms with E-state index in [4.69, 9.17) is 0 Å². The van der Waals surface area contributed by atoms with Crippen LogP contribution in [0.15, 0.2) is 40.8 Å². The van der Waals surface area contributed by atoms with Crippen molar-refractivity contribution in [3.63, 3.8) is 0 Å². The maximum atomic E-state index is 11.7. The molecule has 2 rings (SSSR count). The van der Waals surface area contributed by atoms with Gasteiger partial charge in [-0.1, -0.05) is 17.7 Å². The molecular weight excluding hydrogens is 260 g/mol. The fraction of sp³-hybridized carbons (Fsp3) is 0.143. The zero-order valence-corrected chi connectivity index (χ0v) is 11.5. The first-order valence-corrected chi connectivity index (χ1v) is 6.64. The summed E-state index contributed by atoms with van der Waals surface area (Å²) in [7, 11) is 0. The van der Waals surface area contributed by atoms with Crippen LogP contribution < -0.4 is 5.43 Å². The van der Waals surface area contributed by atoms with Crippen LogP contribution in [0.3, 0.4) is 0 Å². The number of hydrazone groups is 1. The number of benzene rings is 1. The molecule has 2 N–H and O–H groups in total. The van der Waals surface area contributed by atoms with Gasteiger partial charge in [0.2, 0.25) is 0 Å². The zero-order chi connectivity index (χ0) is 13.8. The van der Waals surface area contributed by atoms with Gasteiger partial charge in [-0.3, -0.25) is 4.79 Å². The van der Waals surface area contributed by atoms with Gasteiger partial charge in [-0.15, -0.1) is 11.3 Å². The van der Waals surface area contributed by atoms with Gasteiger partial charge >= 0.3 is 0 Å². The second kappa shape index (κ2) is 5.67. The number of carbonyl (C=O) groups is 1. The molecule has 1 aromatic heterocycles. The van der Waals surface area contributed by atoms with E-state index in [0.29, 0.717) is 16.2 Å². The lowest BCUT2D eigenvalue weighted by atomic mass is 10.1. The predicted molar refractivity (Wildman–Crippen MR) is 76.8 cm³/mol. The van der Waals surface area contributed by atoms with Gasteiger partial charge in [-0.2, -0.15) is 5.10 Å². The molecule has 0 radical (unpaired) electrons. The molecule has 0 unspecified atom stereocenters. The Morgan fingerprint density at radius 1 is 1.37 bits per heavy atom. The van der Waals surface area contributed by atoms with Crippen LogP contribution in [0, 0.1) is 6.92 Å². The number of aryl methyl sites for hydroxylation is 1. The Morgan fingerprint density at radius 3 is 2.84 bits per heavy atom.